The predicted molar refractivity (Wildman–Crippen MR) is 65.7 cm³/mol. The van der Waals surface area contributed by atoms with Gasteiger partial charge in [0.2, 0.25) is 5.91 Å². The number of likely N-dealkylation sites (tertiary alicyclic amines) is 1. The highest BCUT2D eigenvalue weighted by Crippen LogP contribution is 2.19. The molecule has 5 nitrogen and oxygen atoms in total. The van der Waals surface area contributed by atoms with Crippen molar-refractivity contribution in [2.45, 2.75) is 31.9 Å². The molecule has 1 unspecified atom stereocenters. The summed E-state index contributed by atoms with van der Waals surface area (Å²) >= 11 is 0. The molecule has 0 aliphatic carbocycles. The Labute approximate surface area is 103 Å². The Bertz CT molecular complexity index is 264. The lowest BCUT2D eigenvalue weighted by molar-refractivity contribution is -0.136. The minimum absolute atomic E-state index is 0.00250. The van der Waals surface area contributed by atoms with Crippen LogP contribution in [0.5, 0.6) is 0 Å². The number of β-amino-alcohol motifs (C(OH)–C–C–N with tert-alkyl or cyclic N) is 1. The second-order valence-corrected chi connectivity index (χ2v) is 5.08. The molecule has 17 heavy (non-hydrogen) atoms. The summed E-state index contributed by atoms with van der Waals surface area (Å²) in [5.74, 6) is 0.254. The number of amides is 1. The molecule has 0 radical (unpaired) electrons. The third-order valence-electron chi connectivity index (χ3n) is 3.58. The molecular weight excluding hydrogens is 218 g/mol. The van der Waals surface area contributed by atoms with Gasteiger partial charge < -0.3 is 15.3 Å². The number of hydrogen-bond acceptors (Lipinski definition) is 4. The Balaban J connectivity index is 1.92. The second kappa shape index (κ2) is 5.80. The second-order valence-electron chi connectivity index (χ2n) is 5.08. The van der Waals surface area contributed by atoms with Gasteiger partial charge in [-0.15, -0.1) is 0 Å². The standard InChI is InChI=1S/C12H23N3O2/c1-10(16)9-15-6-2-3-11(15)12(17)14-7-4-13-5-8-14/h10-11,13,16H,2-9H2,1H3/t10-,11?/m0/s1. The molecule has 2 fully saturated rings. The van der Waals surface area contributed by atoms with Crippen LogP contribution in [0.1, 0.15) is 19.8 Å². The quantitative estimate of drug-likeness (QED) is 0.683. The number of carbonyl (C=O) groups is 1. The van der Waals surface area contributed by atoms with Gasteiger partial charge in [0.25, 0.3) is 0 Å². The van der Waals surface area contributed by atoms with Crippen molar-refractivity contribution in [1.82, 2.24) is 15.1 Å². The van der Waals surface area contributed by atoms with Crippen molar-refractivity contribution in [1.29, 1.82) is 0 Å². The fourth-order valence-corrected chi connectivity index (χ4v) is 2.76. The average Bonchev–Trinajstić information content (AvgIpc) is 2.76. The lowest BCUT2D eigenvalue weighted by Crippen LogP contribution is -2.53. The Kier molecular flexibility index (Phi) is 4.36. The Morgan fingerprint density at radius 3 is 2.76 bits per heavy atom. The number of aliphatic hydroxyl groups excluding tert-OH is 1. The molecule has 2 aliphatic rings. The Morgan fingerprint density at radius 2 is 2.12 bits per heavy atom. The van der Waals surface area contributed by atoms with E-state index in [2.05, 4.69) is 10.2 Å². The topological polar surface area (TPSA) is 55.8 Å². The fraction of sp³-hybridized carbons (Fsp3) is 0.917. The molecule has 0 aromatic heterocycles. The van der Waals surface area contributed by atoms with Crippen molar-refractivity contribution in [2.24, 2.45) is 0 Å². The molecule has 0 spiro atoms. The van der Waals surface area contributed by atoms with Gasteiger partial charge in [-0.2, -0.15) is 0 Å². The number of nitrogens with zero attached hydrogens (tertiary/aromatic N) is 2. The van der Waals surface area contributed by atoms with E-state index in [-0.39, 0.29) is 18.1 Å². The van der Waals surface area contributed by atoms with E-state index in [4.69, 9.17) is 0 Å². The van der Waals surface area contributed by atoms with Crippen LogP contribution in [-0.2, 0) is 4.79 Å². The van der Waals surface area contributed by atoms with Crippen molar-refractivity contribution < 1.29 is 9.90 Å². The maximum Gasteiger partial charge on any atom is 0.240 e. The number of rotatable bonds is 3. The van der Waals surface area contributed by atoms with Crippen molar-refractivity contribution in [2.75, 3.05) is 39.3 Å². The van der Waals surface area contributed by atoms with Crippen LogP contribution in [-0.4, -0.2) is 72.2 Å². The summed E-state index contributed by atoms with van der Waals surface area (Å²) < 4.78 is 0. The van der Waals surface area contributed by atoms with Crippen LogP contribution in [0.15, 0.2) is 0 Å². The fourth-order valence-electron chi connectivity index (χ4n) is 2.76. The molecule has 2 atom stereocenters. The van der Waals surface area contributed by atoms with Crippen molar-refractivity contribution in [3.8, 4) is 0 Å². The number of nitrogens with one attached hydrogen (secondary N) is 1. The van der Waals surface area contributed by atoms with Gasteiger partial charge in [0.05, 0.1) is 12.1 Å². The van der Waals surface area contributed by atoms with Gasteiger partial charge in [0, 0.05) is 32.7 Å². The van der Waals surface area contributed by atoms with Gasteiger partial charge >= 0.3 is 0 Å². The lowest BCUT2D eigenvalue weighted by Gasteiger charge is -2.33. The van der Waals surface area contributed by atoms with E-state index in [0.29, 0.717) is 6.54 Å². The van der Waals surface area contributed by atoms with E-state index in [0.717, 1.165) is 45.6 Å². The number of carbonyl (C=O) groups excluding carboxylic acids is 1. The summed E-state index contributed by atoms with van der Waals surface area (Å²) in [6.07, 6.45) is 1.65. The van der Waals surface area contributed by atoms with Gasteiger partial charge in [0.15, 0.2) is 0 Å². The van der Waals surface area contributed by atoms with Crippen LogP contribution in [0.2, 0.25) is 0 Å². The summed E-state index contributed by atoms with van der Waals surface area (Å²) in [6, 6.07) is 0.00250. The van der Waals surface area contributed by atoms with Crippen LogP contribution in [0.4, 0.5) is 0 Å². The molecular formula is C12H23N3O2. The van der Waals surface area contributed by atoms with Crippen LogP contribution in [0.3, 0.4) is 0 Å². The molecule has 5 heteroatoms. The summed E-state index contributed by atoms with van der Waals surface area (Å²) in [4.78, 5) is 16.5. The molecule has 0 saturated carbocycles. The first kappa shape index (κ1) is 12.8. The zero-order chi connectivity index (χ0) is 12.3. The van der Waals surface area contributed by atoms with Crippen molar-refractivity contribution in [3.05, 3.63) is 0 Å². The average molecular weight is 241 g/mol. The molecule has 2 N–H and O–H groups in total. The van der Waals surface area contributed by atoms with Gasteiger partial charge in [-0.1, -0.05) is 0 Å². The number of piperazine rings is 1. The molecule has 98 valence electrons. The monoisotopic (exact) mass is 241 g/mol. The van der Waals surface area contributed by atoms with Crippen LogP contribution >= 0.6 is 0 Å². The van der Waals surface area contributed by atoms with Gasteiger partial charge in [-0.25, -0.2) is 0 Å². The molecule has 0 bridgehead atoms. The molecule has 0 aromatic carbocycles. The van der Waals surface area contributed by atoms with Crippen molar-refractivity contribution >= 4 is 5.91 Å². The van der Waals surface area contributed by atoms with E-state index in [1.165, 1.54) is 0 Å². The van der Waals surface area contributed by atoms with Crippen LogP contribution < -0.4 is 5.32 Å². The number of aliphatic hydroxyl groups is 1. The SMILES string of the molecule is C[C@H](O)CN1CCCC1C(=O)N1CCNCC1. The Morgan fingerprint density at radius 1 is 1.41 bits per heavy atom. The summed E-state index contributed by atoms with van der Waals surface area (Å²) in [5.41, 5.74) is 0. The highest BCUT2D eigenvalue weighted by molar-refractivity contribution is 5.82. The maximum atomic E-state index is 12.4. The maximum absolute atomic E-state index is 12.4. The van der Waals surface area contributed by atoms with E-state index in [9.17, 15) is 9.90 Å². The largest absolute Gasteiger partial charge is 0.392 e. The van der Waals surface area contributed by atoms with Gasteiger partial charge in [-0.3, -0.25) is 9.69 Å². The van der Waals surface area contributed by atoms with Crippen LogP contribution in [0, 0.1) is 0 Å². The predicted octanol–water partition coefficient (Wildman–Crippen LogP) is -0.737. The highest BCUT2D eigenvalue weighted by atomic mass is 16.3. The molecule has 1 amide bonds. The first-order chi connectivity index (χ1) is 8.18. The van der Waals surface area contributed by atoms with E-state index < -0.39 is 0 Å². The number of hydrogen-bond donors (Lipinski definition) is 2. The molecule has 2 saturated heterocycles. The first-order valence-electron chi connectivity index (χ1n) is 6.60. The highest BCUT2D eigenvalue weighted by Gasteiger charge is 2.34. The van der Waals surface area contributed by atoms with Crippen molar-refractivity contribution in [3.63, 3.8) is 0 Å². The first-order valence-corrected chi connectivity index (χ1v) is 6.60. The van der Waals surface area contributed by atoms with E-state index >= 15 is 0 Å². The molecule has 2 rings (SSSR count). The normalized spacial score (nSPS) is 28.4. The molecule has 2 heterocycles. The van der Waals surface area contributed by atoms with Crippen LogP contribution in [0.25, 0.3) is 0 Å². The lowest BCUT2D eigenvalue weighted by atomic mass is 10.1. The zero-order valence-electron chi connectivity index (χ0n) is 10.6. The zero-order valence-corrected chi connectivity index (χ0v) is 10.6. The Hall–Kier alpha value is -0.650. The van der Waals surface area contributed by atoms with E-state index in [1.54, 1.807) is 6.92 Å². The van der Waals surface area contributed by atoms with Gasteiger partial charge in [-0.05, 0) is 26.3 Å². The summed E-state index contributed by atoms with van der Waals surface area (Å²) in [5, 5.41) is 12.7. The van der Waals surface area contributed by atoms with E-state index in [1.807, 2.05) is 4.90 Å². The molecule has 2 aliphatic heterocycles. The summed E-state index contributed by atoms with van der Waals surface area (Å²) in [6.45, 7) is 6.76. The molecule has 0 aromatic rings. The smallest absolute Gasteiger partial charge is 0.240 e. The summed E-state index contributed by atoms with van der Waals surface area (Å²) in [7, 11) is 0. The minimum atomic E-state index is -0.355. The third-order valence-corrected chi connectivity index (χ3v) is 3.58. The minimum Gasteiger partial charge on any atom is -0.392 e. The van der Waals surface area contributed by atoms with Gasteiger partial charge in [0.1, 0.15) is 0 Å². The third kappa shape index (κ3) is 3.18.